The van der Waals surface area contributed by atoms with Gasteiger partial charge in [-0.15, -0.1) is 0 Å². The van der Waals surface area contributed by atoms with E-state index < -0.39 is 0 Å². The van der Waals surface area contributed by atoms with Crippen molar-refractivity contribution in [2.45, 2.75) is 54.3 Å². The zero-order valence-electron chi connectivity index (χ0n) is 14.0. The van der Waals surface area contributed by atoms with E-state index in [1.807, 2.05) is 24.3 Å². The van der Waals surface area contributed by atoms with Gasteiger partial charge in [-0.05, 0) is 55.7 Å². The second-order valence-electron chi connectivity index (χ2n) is 6.66. The van der Waals surface area contributed by atoms with Crippen molar-refractivity contribution in [1.29, 1.82) is 0 Å². The highest BCUT2D eigenvalue weighted by Gasteiger charge is 2.39. The van der Waals surface area contributed by atoms with Crippen molar-refractivity contribution in [3.8, 4) is 0 Å². The van der Waals surface area contributed by atoms with Gasteiger partial charge in [-0.25, -0.2) is 0 Å². The molecule has 0 radical (unpaired) electrons. The van der Waals surface area contributed by atoms with Gasteiger partial charge in [0.2, 0.25) is 0 Å². The summed E-state index contributed by atoms with van der Waals surface area (Å²) in [5, 5.41) is 7.34. The first-order valence-corrected chi connectivity index (χ1v) is 9.36. The lowest BCUT2D eigenvalue weighted by atomic mass is 9.95. The summed E-state index contributed by atoms with van der Waals surface area (Å²) in [6.45, 7) is 1.48. The van der Waals surface area contributed by atoms with Gasteiger partial charge < -0.3 is 15.1 Å². The molecule has 6 heteroatoms. The Kier molecular flexibility index (Phi) is 4.39. The number of benzene rings is 1. The second kappa shape index (κ2) is 6.69. The summed E-state index contributed by atoms with van der Waals surface area (Å²) in [5.74, 6) is 0.250. The van der Waals surface area contributed by atoms with Gasteiger partial charge in [0, 0.05) is 35.5 Å². The molecule has 2 aromatic rings. The Labute approximate surface area is 150 Å². The van der Waals surface area contributed by atoms with E-state index in [0.717, 1.165) is 17.7 Å². The van der Waals surface area contributed by atoms with Crippen LogP contribution in [0.4, 0.5) is 0 Å². The van der Waals surface area contributed by atoms with E-state index in [1.54, 1.807) is 12.1 Å². The van der Waals surface area contributed by atoms with Crippen molar-refractivity contribution >= 4 is 23.5 Å². The predicted molar refractivity (Wildman–Crippen MR) is 95.1 cm³/mol. The number of nitrogens with one attached hydrogen (secondary N) is 2. The lowest BCUT2D eigenvalue weighted by Crippen LogP contribution is -2.42. The van der Waals surface area contributed by atoms with Crippen LogP contribution in [0.5, 0.6) is 0 Å². The minimum Gasteiger partial charge on any atom is -0.446 e. The summed E-state index contributed by atoms with van der Waals surface area (Å²) in [6.07, 6.45) is 3.40. The Balaban J connectivity index is 1.37. The standard InChI is InChI=1S/C19H20N2O3S/c1-11(22)17-8-9-18(24-17)25-14-5-2-12(3-6-14)19(23)21-16-10-13-4-7-15(16)20-13/h2-3,5-6,8-9,13,15-16,20H,4,7,10H2,1H3,(H,21,23)/t13-,15+,16-/m1/s1. The lowest BCUT2D eigenvalue weighted by Gasteiger charge is -2.21. The van der Waals surface area contributed by atoms with Gasteiger partial charge in [-0.1, -0.05) is 11.8 Å². The Bertz CT molecular complexity index is 799. The van der Waals surface area contributed by atoms with Crippen molar-refractivity contribution in [3.05, 3.63) is 47.7 Å². The Morgan fingerprint density at radius 1 is 1.16 bits per heavy atom. The van der Waals surface area contributed by atoms with E-state index in [1.165, 1.54) is 25.1 Å². The van der Waals surface area contributed by atoms with Crippen LogP contribution in [0, 0.1) is 0 Å². The Morgan fingerprint density at radius 3 is 2.56 bits per heavy atom. The number of carbonyl (C=O) groups is 2. The molecule has 2 aliphatic rings. The van der Waals surface area contributed by atoms with E-state index in [-0.39, 0.29) is 17.7 Å². The minimum atomic E-state index is -0.0889. The van der Waals surface area contributed by atoms with E-state index >= 15 is 0 Å². The molecule has 0 aliphatic carbocycles. The van der Waals surface area contributed by atoms with Crippen LogP contribution >= 0.6 is 11.8 Å². The van der Waals surface area contributed by atoms with Gasteiger partial charge in [0.15, 0.2) is 16.6 Å². The smallest absolute Gasteiger partial charge is 0.251 e. The summed E-state index contributed by atoms with van der Waals surface area (Å²) < 4.78 is 5.47. The van der Waals surface area contributed by atoms with Crippen LogP contribution in [-0.2, 0) is 0 Å². The van der Waals surface area contributed by atoms with Crippen molar-refractivity contribution in [2.75, 3.05) is 0 Å². The normalized spacial score (nSPS) is 24.4. The van der Waals surface area contributed by atoms with Crippen LogP contribution in [0.15, 0.2) is 50.8 Å². The molecule has 0 unspecified atom stereocenters. The van der Waals surface area contributed by atoms with Crippen LogP contribution in [0.2, 0.25) is 0 Å². The van der Waals surface area contributed by atoms with Crippen LogP contribution in [0.25, 0.3) is 0 Å². The predicted octanol–water partition coefficient (Wildman–Crippen LogP) is 3.26. The molecule has 1 amide bonds. The van der Waals surface area contributed by atoms with Crippen molar-refractivity contribution < 1.29 is 14.0 Å². The molecule has 130 valence electrons. The zero-order chi connectivity index (χ0) is 17.4. The largest absolute Gasteiger partial charge is 0.446 e. The molecule has 2 saturated heterocycles. The summed E-state index contributed by atoms with van der Waals surface area (Å²) >= 11 is 1.43. The molecule has 2 bridgehead atoms. The number of hydrogen-bond acceptors (Lipinski definition) is 5. The molecule has 3 heterocycles. The number of Topliss-reactive ketones (excluding diaryl/α,β-unsaturated/α-hetero) is 1. The molecule has 1 aromatic carbocycles. The van der Waals surface area contributed by atoms with Crippen LogP contribution in [0.1, 0.15) is 47.1 Å². The van der Waals surface area contributed by atoms with Gasteiger partial charge in [0.1, 0.15) is 0 Å². The van der Waals surface area contributed by atoms with E-state index in [9.17, 15) is 9.59 Å². The third kappa shape index (κ3) is 3.50. The van der Waals surface area contributed by atoms with Gasteiger partial charge >= 0.3 is 0 Å². The summed E-state index contributed by atoms with van der Waals surface area (Å²) in [7, 11) is 0. The number of furan rings is 1. The maximum absolute atomic E-state index is 12.4. The second-order valence-corrected chi connectivity index (χ2v) is 7.74. The highest BCUT2D eigenvalue weighted by Crippen LogP contribution is 2.30. The molecule has 3 atom stereocenters. The van der Waals surface area contributed by atoms with Gasteiger partial charge in [0.25, 0.3) is 5.91 Å². The number of rotatable bonds is 5. The molecular weight excluding hydrogens is 336 g/mol. The summed E-state index contributed by atoms with van der Waals surface area (Å²) in [6, 6.07) is 12.2. The Morgan fingerprint density at radius 2 is 1.96 bits per heavy atom. The van der Waals surface area contributed by atoms with Crippen LogP contribution < -0.4 is 10.6 Å². The molecule has 5 nitrogen and oxygen atoms in total. The SMILES string of the molecule is CC(=O)c1ccc(Sc2ccc(C(=O)N[C@@H]3C[C@H]4CC[C@@H]3N4)cc2)o1. The fourth-order valence-corrected chi connectivity index (χ4v) is 4.36. The van der Waals surface area contributed by atoms with Gasteiger partial charge in [-0.3, -0.25) is 9.59 Å². The van der Waals surface area contributed by atoms with Crippen molar-refractivity contribution in [3.63, 3.8) is 0 Å². The number of amides is 1. The molecule has 2 aliphatic heterocycles. The average Bonchev–Trinajstić information content (AvgIpc) is 3.32. The van der Waals surface area contributed by atoms with E-state index in [4.69, 9.17) is 4.42 Å². The minimum absolute atomic E-state index is 0.0206. The fourth-order valence-electron chi connectivity index (χ4n) is 3.59. The van der Waals surface area contributed by atoms with Gasteiger partial charge in [-0.2, -0.15) is 0 Å². The zero-order valence-corrected chi connectivity index (χ0v) is 14.8. The number of hydrogen-bond donors (Lipinski definition) is 2. The Hall–Kier alpha value is -2.05. The third-order valence-corrected chi connectivity index (χ3v) is 5.81. The summed E-state index contributed by atoms with van der Waals surface area (Å²) in [4.78, 5) is 24.7. The van der Waals surface area contributed by atoms with Crippen molar-refractivity contribution in [2.24, 2.45) is 0 Å². The van der Waals surface area contributed by atoms with E-state index in [0.29, 0.717) is 28.5 Å². The third-order valence-electron chi connectivity index (χ3n) is 4.88. The number of carbonyl (C=O) groups excluding carboxylic acids is 2. The molecule has 0 spiro atoms. The highest BCUT2D eigenvalue weighted by atomic mass is 32.2. The molecule has 2 fully saturated rings. The average molecular weight is 356 g/mol. The fraction of sp³-hybridized carbons (Fsp3) is 0.368. The van der Waals surface area contributed by atoms with Crippen LogP contribution in [-0.4, -0.2) is 29.8 Å². The quantitative estimate of drug-likeness (QED) is 0.805. The van der Waals surface area contributed by atoms with E-state index in [2.05, 4.69) is 10.6 Å². The lowest BCUT2D eigenvalue weighted by molar-refractivity contribution is 0.0929. The first kappa shape index (κ1) is 16.4. The molecule has 4 rings (SSSR count). The maximum Gasteiger partial charge on any atom is 0.251 e. The number of fused-ring (bicyclic) bond motifs is 2. The summed E-state index contributed by atoms with van der Waals surface area (Å²) in [5.41, 5.74) is 0.663. The molecular formula is C19H20N2O3S. The molecule has 25 heavy (non-hydrogen) atoms. The highest BCUT2D eigenvalue weighted by molar-refractivity contribution is 7.99. The topological polar surface area (TPSA) is 71.3 Å². The maximum atomic E-state index is 12.4. The first-order chi connectivity index (χ1) is 12.1. The number of ketones is 1. The first-order valence-electron chi connectivity index (χ1n) is 8.54. The monoisotopic (exact) mass is 356 g/mol. The molecule has 1 aromatic heterocycles. The molecule has 0 saturated carbocycles. The van der Waals surface area contributed by atoms with Crippen molar-refractivity contribution in [1.82, 2.24) is 10.6 Å². The van der Waals surface area contributed by atoms with Crippen LogP contribution in [0.3, 0.4) is 0 Å². The van der Waals surface area contributed by atoms with Gasteiger partial charge in [0.05, 0.1) is 0 Å². The molecule has 2 N–H and O–H groups in total.